The molecule has 0 aliphatic heterocycles. The van der Waals surface area contributed by atoms with Crippen LogP contribution in [0, 0.1) is 11.3 Å². The van der Waals surface area contributed by atoms with Crippen molar-refractivity contribution in [2.24, 2.45) is 11.3 Å². The Morgan fingerprint density at radius 1 is 1.57 bits per heavy atom. The molecule has 2 aliphatic rings. The van der Waals surface area contributed by atoms with Gasteiger partial charge in [-0.3, -0.25) is 4.79 Å². The molecule has 0 radical (unpaired) electrons. The van der Waals surface area contributed by atoms with Crippen molar-refractivity contribution in [3.63, 3.8) is 0 Å². The fourth-order valence-electron chi connectivity index (χ4n) is 2.90. The molecule has 0 N–H and O–H groups in total. The Morgan fingerprint density at radius 3 is 3.00 bits per heavy atom. The van der Waals surface area contributed by atoms with Crippen LogP contribution in [0.2, 0.25) is 0 Å². The van der Waals surface area contributed by atoms with Crippen LogP contribution in [0.1, 0.15) is 39.0 Å². The van der Waals surface area contributed by atoms with E-state index in [-0.39, 0.29) is 16.8 Å². The summed E-state index contributed by atoms with van der Waals surface area (Å²) in [4.78, 5) is 11.4. The van der Waals surface area contributed by atoms with Crippen molar-refractivity contribution in [3.05, 3.63) is 0 Å². The Labute approximate surface area is 90.0 Å². The third-order valence-corrected chi connectivity index (χ3v) is 4.46. The summed E-state index contributed by atoms with van der Waals surface area (Å²) in [7, 11) is 0. The molecule has 80 valence electrons. The van der Waals surface area contributed by atoms with E-state index >= 15 is 0 Å². The molecule has 3 atom stereocenters. The average Bonchev–Trinajstić information content (AvgIpc) is 2.73. The molecule has 2 saturated carbocycles. The molecule has 3 heteroatoms. The highest BCUT2D eigenvalue weighted by Crippen LogP contribution is 2.66. The van der Waals surface area contributed by atoms with Crippen LogP contribution in [0.25, 0.3) is 0 Å². The van der Waals surface area contributed by atoms with E-state index in [1.807, 2.05) is 6.92 Å². The number of ether oxygens (including phenoxy) is 1. The highest BCUT2D eigenvalue weighted by atomic mass is 35.5. The van der Waals surface area contributed by atoms with Gasteiger partial charge in [-0.15, -0.1) is 11.6 Å². The molecular weight excluding hydrogens is 200 g/mol. The van der Waals surface area contributed by atoms with Crippen molar-refractivity contribution < 1.29 is 9.53 Å². The second-order valence-corrected chi connectivity index (χ2v) is 4.94. The standard InChI is InChI=1S/C11H17ClO2/c1-2-14-9(13)7-11-6-4-3-5-8(11)10(11)12/h8,10H,2-7H2,1H3/t8-,10+,11+/m1/s1. The molecular formula is C11H17ClO2. The number of fused-ring (bicyclic) bond motifs is 1. The highest BCUT2D eigenvalue weighted by molar-refractivity contribution is 6.23. The third kappa shape index (κ3) is 1.54. The number of esters is 1. The van der Waals surface area contributed by atoms with Crippen LogP contribution in [0.15, 0.2) is 0 Å². The minimum Gasteiger partial charge on any atom is -0.466 e. The maximum atomic E-state index is 11.4. The first kappa shape index (κ1) is 10.3. The van der Waals surface area contributed by atoms with Crippen LogP contribution in [0.5, 0.6) is 0 Å². The zero-order valence-electron chi connectivity index (χ0n) is 8.59. The predicted molar refractivity (Wildman–Crippen MR) is 55.3 cm³/mol. The summed E-state index contributed by atoms with van der Waals surface area (Å²) >= 11 is 6.25. The molecule has 2 rings (SSSR count). The Hall–Kier alpha value is -0.240. The van der Waals surface area contributed by atoms with Gasteiger partial charge in [0.05, 0.1) is 13.0 Å². The van der Waals surface area contributed by atoms with Crippen molar-refractivity contribution in [2.45, 2.75) is 44.4 Å². The van der Waals surface area contributed by atoms with E-state index in [1.165, 1.54) is 19.3 Å². The average molecular weight is 217 g/mol. The Morgan fingerprint density at radius 2 is 2.36 bits per heavy atom. The van der Waals surface area contributed by atoms with Crippen molar-refractivity contribution in [1.82, 2.24) is 0 Å². The third-order valence-electron chi connectivity index (χ3n) is 3.72. The number of halogens is 1. The van der Waals surface area contributed by atoms with Crippen LogP contribution in [0.4, 0.5) is 0 Å². The fraction of sp³-hybridized carbons (Fsp3) is 0.909. The van der Waals surface area contributed by atoms with Crippen LogP contribution in [-0.4, -0.2) is 18.0 Å². The minimum atomic E-state index is -0.0671. The van der Waals surface area contributed by atoms with Crippen LogP contribution in [-0.2, 0) is 9.53 Å². The first-order chi connectivity index (χ1) is 6.70. The van der Waals surface area contributed by atoms with Gasteiger partial charge in [-0.1, -0.05) is 12.8 Å². The highest BCUT2D eigenvalue weighted by Gasteiger charge is 2.64. The number of rotatable bonds is 3. The van der Waals surface area contributed by atoms with Crippen LogP contribution < -0.4 is 0 Å². The lowest BCUT2D eigenvalue weighted by atomic mass is 9.86. The lowest BCUT2D eigenvalue weighted by Crippen LogP contribution is -2.17. The zero-order valence-corrected chi connectivity index (χ0v) is 9.35. The smallest absolute Gasteiger partial charge is 0.306 e. The molecule has 14 heavy (non-hydrogen) atoms. The number of carbonyl (C=O) groups excluding carboxylic acids is 1. The van der Waals surface area contributed by atoms with E-state index in [0.29, 0.717) is 18.9 Å². The molecule has 2 aliphatic carbocycles. The second-order valence-electron chi connectivity index (χ2n) is 4.47. The van der Waals surface area contributed by atoms with Crippen LogP contribution in [0.3, 0.4) is 0 Å². The molecule has 0 saturated heterocycles. The first-order valence-corrected chi connectivity index (χ1v) is 5.94. The van der Waals surface area contributed by atoms with E-state index in [4.69, 9.17) is 16.3 Å². The Kier molecular flexibility index (Phi) is 2.74. The SMILES string of the molecule is CCOC(=O)C[C@@]12CCCC[C@@H]1[C@@H]2Cl. The van der Waals surface area contributed by atoms with Crippen molar-refractivity contribution >= 4 is 17.6 Å². The maximum Gasteiger partial charge on any atom is 0.306 e. The quantitative estimate of drug-likeness (QED) is 0.536. The summed E-state index contributed by atoms with van der Waals surface area (Å²) in [6.07, 6.45) is 5.36. The largest absolute Gasteiger partial charge is 0.466 e. The van der Waals surface area contributed by atoms with E-state index in [9.17, 15) is 4.79 Å². The molecule has 0 heterocycles. The van der Waals surface area contributed by atoms with Gasteiger partial charge < -0.3 is 4.74 Å². The summed E-state index contributed by atoms with van der Waals surface area (Å²) in [5.74, 6) is 0.518. The van der Waals surface area contributed by atoms with E-state index < -0.39 is 0 Å². The van der Waals surface area contributed by atoms with Gasteiger partial charge in [0.2, 0.25) is 0 Å². The van der Waals surface area contributed by atoms with E-state index in [2.05, 4.69) is 0 Å². The summed E-state index contributed by atoms with van der Waals surface area (Å²) in [6, 6.07) is 0. The molecule has 0 unspecified atom stereocenters. The fourth-order valence-corrected chi connectivity index (χ4v) is 3.55. The molecule has 0 amide bonds. The molecule has 2 nitrogen and oxygen atoms in total. The number of hydrogen-bond donors (Lipinski definition) is 0. The molecule has 0 aromatic carbocycles. The summed E-state index contributed by atoms with van der Waals surface area (Å²) < 4.78 is 4.99. The predicted octanol–water partition coefficient (Wildman–Crippen LogP) is 2.74. The first-order valence-electron chi connectivity index (χ1n) is 5.50. The topological polar surface area (TPSA) is 26.3 Å². The summed E-state index contributed by atoms with van der Waals surface area (Å²) in [6.45, 7) is 2.32. The Bertz CT molecular complexity index is 241. The van der Waals surface area contributed by atoms with Gasteiger partial charge in [0.15, 0.2) is 0 Å². The summed E-state index contributed by atoms with van der Waals surface area (Å²) in [5, 5.41) is 0.231. The molecule has 2 fully saturated rings. The van der Waals surface area contributed by atoms with Gasteiger partial charge in [0.1, 0.15) is 0 Å². The Balaban J connectivity index is 1.93. The van der Waals surface area contributed by atoms with Crippen molar-refractivity contribution in [3.8, 4) is 0 Å². The van der Waals surface area contributed by atoms with E-state index in [0.717, 1.165) is 6.42 Å². The molecule has 0 aromatic rings. The van der Waals surface area contributed by atoms with Gasteiger partial charge in [-0.25, -0.2) is 0 Å². The normalized spacial score (nSPS) is 40.1. The summed E-state index contributed by atoms with van der Waals surface area (Å²) in [5.41, 5.74) is 0.117. The molecule has 0 spiro atoms. The monoisotopic (exact) mass is 216 g/mol. The van der Waals surface area contributed by atoms with Gasteiger partial charge in [0, 0.05) is 10.8 Å². The van der Waals surface area contributed by atoms with Gasteiger partial charge in [0.25, 0.3) is 0 Å². The number of hydrogen-bond acceptors (Lipinski definition) is 2. The van der Waals surface area contributed by atoms with E-state index in [1.54, 1.807) is 0 Å². The van der Waals surface area contributed by atoms with Crippen molar-refractivity contribution in [2.75, 3.05) is 6.61 Å². The van der Waals surface area contributed by atoms with Crippen LogP contribution >= 0.6 is 11.6 Å². The second kappa shape index (κ2) is 3.73. The van der Waals surface area contributed by atoms with Gasteiger partial charge in [-0.2, -0.15) is 0 Å². The zero-order chi connectivity index (χ0) is 10.2. The van der Waals surface area contributed by atoms with Crippen molar-refractivity contribution in [1.29, 1.82) is 0 Å². The number of alkyl halides is 1. The maximum absolute atomic E-state index is 11.4. The number of carbonyl (C=O) groups is 1. The van der Waals surface area contributed by atoms with Gasteiger partial charge in [-0.05, 0) is 25.7 Å². The molecule has 0 bridgehead atoms. The molecule has 0 aromatic heterocycles. The lowest BCUT2D eigenvalue weighted by molar-refractivity contribution is -0.144. The van der Waals surface area contributed by atoms with Gasteiger partial charge >= 0.3 is 5.97 Å². The lowest BCUT2D eigenvalue weighted by Gasteiger charge is -2.20. The minimum absolute atomic E-state index is 0.0671.